The number of amides is 1. The van der Waals surface area contributed by atoms with E-state index in [2.05, 4.69) is 18.7 Å². The third kappa shape index (κ3) is 3.98. The van der Waals surface area contributed by atoms with Crippen LogP contribution in [0.3, 0.4) is 0 Å². The van der Waals surface area contributed by atoms with Gasteiger partial charge in [-0.05, 0) is 52.0 Å². The van der Waals surface area contributed by atoms with Gasteiger partial charge in [-0.1, -0.05) is 12.8 Å². The minimum absolute atomic E-state index is 0.240. The van der Waals surface area contributed by atoms with Crippen LogP contribution in [0.2, 0.25) is 0 Å². The summed E-state index contributed by atoms with van der Waals surface area (Å²) >= 11 is 0. The zero-order chi connectivity index (χ0) is 15.2. The van der Waals surface area contributed by atoms with Gasteiger partial charge in [-0.3, -0.25) is 9.69 Å². The molecule has 1 heterocycles. The molecule has 122 valence electrons. The molecule has 3 atom stereocenters. The molecule has 4 nitrogen and oxygen atoms in total. The van der Waals surface area contributed by atoms with Crippen molar-refractivity contribution in [1.29, 1.82) is 0 Å². The molecule has 21 heavy (non-hydrogen) atoms. The lowest BCUT2D eigenvalue weighted by atomic mass is 9.77. The van der Waals surface area contributed by atoms with Crippen molar-refractivity contribution in [1.82, 2.24) is 9.80 Å². The standard InChI is InChI=1S/C17H33N3O/c1-3-19(4-2)17(21)12-15(13-18)20-11-7-9-14-8-5-6-10-16(14)20/h14-16H,3-13,18H2,1-2H3. The van der Waals surface area contributed by atoms with Crippen molar-refractivity contribution in [3.8, 4) is 0 Å². The van der Waals surface area contributed by atoms with E-state index >= 15 is 0 Å². The lowest BCUT2D eigenvalue weighted by Gasteiger charge is -2.47. The molecule has 2 N–H and O–H groups in total. The van der Waals surface area contributed by atoms with Gasteiger partial charge in [-0.25, -0.2) is 0 Å². The van der Waals surface area contributed by atoms with Crippen LogP contribution in [0.15, 0.2) is 0 Å². The topological polar surface area (TPSA) is 49.6 Å². The van der Waals surface area contributed by atoms with E-state index in [1.165, 1.54) is 38.5 Å². The predicted octanol–water partition coefficient (Wildman–Crippen LogP) is 2.23. The summed E-state index contributed by atoms with van der Waals surface area (Å²) in [6.07, 6.45) is 8.67. The van der Waals surface area contributed by atoms with E-state index in [0.29, 0.717) is 19.0 Å². The van der Waals surface area contributed by atoms with Gasteiger partial charge in [-0.15, -0.1) is 0 Å². The van der Waals surface area contributed by atoms with Crippen molar-refractivity contribution in [2.75, 3.05) is 26.2 Å². The molecule has 3 unspecified atom stereocenters. The summed E-state index contributed by atoms with van der Waals surface area (Å²) in [4.78, 5) is 16.9. The molecule has 1 aliphatic heterocycles. The zero-order valence-corrected chi connectivity index (χ0v) is 13.9. The van der Waals surface area contributed by atoms with Crippen molar-refractivity contribution in [3.63, 3.8) is 0 Å². The summed E-state index contributed by atoms with van der Waals surface area (Å²) < 4.78 is 0. The van der Waals surface area contributed by atoms with Crippen molar-refractivity contribution >= 4 is 5.91 Å². The second kappa shape index (κ2) is 8.14. The average molecular weight is 295 g/mol. The maximum absolute atomic E-state index is 12.4. The van der Waals surface area contributed by atoms with Gasteiger partial charge in [-0.2, -0.15) is 0 Å². The van der Waals surface area contributed by atoms with Gasteiger partial charge in [0.1, 0.15) is 0 Å². The fourth-order valence-electron chi connectivity index (χ4n) is 4.36. The van der Waals surface area contributed by atoms with Crippen LogP contribution in [0, 0.1) is 5.92 Å². The number of nitrogens with zero attached hydrogens (tertiary/aromatic N) is 2. The molecule has 1 saturated heterocycles. The number of carbonyl (C=O) groups excluding carboxylic acids is 1. The highest BCUT2D eigenvalue weighted by Gasteiger charge is 2.37. The molecule has 0 aromatic heterocycles. The Balaban J connectivity index is 2.00. The minimum atomic E-state index is 0.240. The molecule has 2 rings (SSSR count). The molecule has 1 saturated carbocycles. The number of rotatable bonds is 6. The normalized spacial score (nSPS) is 28.0. The first kappa shape index (κ1) is 16.8. The Morgan fingerprint density at radius 3 is 2.52 bits per heavy atom. The van der Waals surface area contributed by atoms with Gasteiger partial charge in [0.25, 0.3) is 0 Å². The van der Waals surface area contributed by atoms with E-state index in [-0.39, 0.29) is 11.9 Å². The van der Waals surface area contributed by atoms with Gasteiger partial charge >= 0.3 is 0 Å². The van der Waals surface area contributed by atoms with Crippen LogP contribution in [0.4, 0.5) is 0 Å². The highest BCUT2D eigenvalue weighted by atomic mass is 16.2. The first-order chi connectivity index (χ1) is 10.2. The Morgan fingerprint density at radius 2 is 1.86 bits per heavy atom. The molecule has 0 spiro atoms. The third-order valence-corrected chi connectivity index (χ3v) is 5.55. The summed E-state index contributed by atoms with van der Waals surface area (Å²) in [5.74, 6) is 1.12. The fraction of sp³-hybridized carbons (Fsp3) is 0.941. The van der Waals surface area contributed by atoms with Crippen LogP contribution in [0.5, 0.6) is 0 Å². The van der Waals surface area contributed by atoms with Crippen molar-refractivity contribution in [3.05, 3.63) is 0 Å². The molecular weight excluding hydrogens is 262 g/mol. The Hall–Kier alpha value is -0.610. The molecule has 1 aliphatic carbocycles. The second-order valence-electron chi connectivity index (χ2n) is 6.65. The first-order valence-corrected chi connectivity index (χ1v) is 8.94. The summed E-state index contributed by atoms with van der Waals surface area (Å²) in [5, 5.41) is 0. The van der Waals surface area contributed by atoms with E-state index in [1.54, 1.807) is 0 Å². The molecule has 2 fully saturated rings. The van der Waals surface area contributed by atoms with Crippen LogP contribution in [0.1, 0.15) is 58.8 Å². The highest BCUT2D eigenvalue weighted by Crippen LogP contribution is 2.36. The largest absolute Gasteiger partial charge is 0.343 e. The summed E-state index contributed by atoms with van der Waals surface area (Å²) in [7, 11) is 0. The molecule has 0 bridgehead atoms. The van der Waals surface area contributed by atoms with Gasteiger partial charge < -0.3 is 10.6 Å². The quantitative estimate of drug-likeness (QED) is 0.817. The summed E-state index contributed by atoms with van der Waals surface area (Å²) in [5.41, 5.74) is 6.04. The Bertz CT molecular complexity index is 328. The smallest absolute Gasteiger partial charge is 0.224 e. The van der Waals surface area contributed by atoms with Crippen LogP contribution < -0.4 is 5.73 Å². The molecule has 0 aromatic carbocycles. The number of likely N-dealkylation sites (tertiary alicyclic amines) is 1. The SMILES string of the molecule is CCN(CC)C(=O)CC(CN)N1CCCC2CCCCC21. The molecular formula is C17H33N3O. The van der Waals surface area contributed by atoms with Gasteiger partial charge in [0, 0.05) is 38.1 Å². The second-order valence-corrected chi connectivity index (χ2v) is 6.65. The molecule has 1 amide bonds. The van der Waals surface area contributed by atoms with Gasteiger partial charge in [0.15, 0.2) is 0 Å². The summed E-state index contributed by atoms with van der Waals surface area (Å²) in [6.45, 7) is 7.45. The van der Waals surface area contributed by atoms with Crippen molar-refractivity contribution in [2.24, 2.45) is 11.7 Å². The number of carbonyl (C=O) groups is 1. The number of piperidine rings is 1. The highest BCUT2D eigenvalue weighted by molar-refractivity contribution is 5.76. The molecule has 0 aromatic rings. The molecule has 4 heteroatoms. The van der Waals surface area contributed by atoms with Gasteiger partial charge in [0.2, 0.25) is 5.91 Å². The zero-order valence-electron chi connectivity index (χ0n) is 13.9. The van der Waals surface area contributed by atoms with E-state index in [4.69, 9.17) is 5.73 Å². The Morgan fingerprint density at radius 1 is 1.19 bits per heavy atom. The van der Waals surface area contributed by atoms with E-state index in [1.807, 2.05) is 4.90 Å². The third-order valence-electron chi connectivity index (χ3n) is 5.55. The van der Waals surface area contributed by atoms with E-state index < -0.39 is 0 Å². The van der Waals surface area contributed by atoms with Crippen LogP contribution in [-0.4, -0.2) is 54.0 Å². The lowest BCUT2D eigenvalue weighted by Crippen LogP contribution is -2.55. The summed E-state index contributed by atoms with van der Waals surface area (Å²) in [6, 6.07) is 0.926. The molecule has 2 aliphatic rings. The maximum atomic E-state index is 12.4. The van der Waals surface area contributed by atoms with Crippen LogP contribution in [0.25, 0.3) is 0 Å². The molecule has 0 radical (unpaired) electrons. The maximum Gasteiger partial charge on any atom is 0.224 e. The Kier molecular flexibility index (Phi) is 6.49. The van der Waals surface area contributed by atoms with Crippen LogP contribution in [-0.2, 0) is 4.79 Å². The van der Waals surface area contributed by atoms with E-state index in [9.17, 15) is 4.79 Å². The number of hydrogen-bond acceptors (Lipinski definition) is 3. The minimum Gasteiger partial charge on any atom is -0.343 e. The van der Waals surface area contributed by atoms with Crippen LogP contribution >= 0.6 is 0 Å². The average Bonchev–Trinajstić information content (AvgIpc) is 2.53. The number of nitrogens with two attached hydrogens (primary N) is 1. The predicted molar refractivity (Wildman–Crippen MR) is 87.1 cm³/mol. The van der Waals surface area contributed by atoms with Crippen molar-refractivity contribution < 1.29 is 4.79 Å². The first-order valence-electron chi connectivity index (χ1n) is 8.94. The fourth-order valence-corrected chi connectivity index (χ4v) is 4.36. The van der Waals surface area contributed by atoms with E-state index in [0.717, 1.165) is 25.6 Å². The monoisotopic (exact) mass is 295 g/mol. The van der Waals surface area contributed by atoms with Crippen molar-refractivity contribution in [2.45, 2.75) is 70.9 Å². The lowest BCUT2D eigenvalue weighted by molar-refractivity contribution is -0.132. The van der Waals surface area contributed by atoms with Gasteiger partial charge in [0.05, 0.1) is 0 Å². The Labute approximate surface area is 130 Å². The number of hydrogen-bond donors (Lipinski definition) is 1. The number of fused-ring (bicyclic) bond motifs is 1.